The summed E-state index contributed by atoms with van der Waals surface area (Å²) in [6.45, 7) is 7.19. The van der Waals surface area contributed by atoms with Gasteiger partial charge in [-0.3, -0.25) is 4.90 Å². The molecule has 29 heavy (non-hydrogen) atoms. The van der Waals surface area contributed by atoms with E-state index < -0.39 is 0 Å². The molecule has 0 unspecified atom stereocenters. The number of anilines is 1. The van der Waals surface area contributed by atoms with E-state index in [2.05, 4.69) is 33.2 Å². The Balaban J connectivity index is 1.53. The van der Waals surface area contributed by atoms with Crippen molar-refractivity contribution in [3.63, 3.8) is 0 Å². The van der Waals surface area contributed by atoms with Gasteiger partial charge in [-0.15, -0.1) is 11.3 Å². The van der Waals surface area contributed by atoms with Gasteiger partial charge in [0, 0.05) is 31.1 Å². The van der Waals surface area contributed by atoms with Crippen molar-refractivity contribution in [3.8, 4) is 0 Å². The number of likely N-dealkylation sites (N-methyl/N-ethyl adjacent to an activating group) is 1. The highest BCUT2D eigenvalue weighted by molar-refractivity contribution is 7.18. The molecule has 7 heteroatoms. The van der Waals surface area contributed by atoms with Gasteiger partial charge < -0.3 is 14.8 Å². The predicted molar refractivity (Wildman–Crippen MR) is 121 cm³/mol. The van der Waals surface area contributed by atoms with E-state index >= 15 is 0 Å². The van der Waals surface area contributed by atoms with E-state index in [0.717, 1.165) is 48.9 Å². The minimum Gasteiger partial charge on any atom is -0.383 e. The fourth-order valence-electron chi connectivity index (χ4n) is 3.90. The zero-order chi connectivity index (χ0) is 20.3. The molecule has 0 aliphatic heterocycles. The summed E-state index contributed by atoms with van der Waals surface area (Å²) in [6.07, 6.45) is 10.9. The number of aromatic nitrogens is 2. The van der Waals surface area contributed by atoms with Gasteiger partial charge in [-0.25, -0.2) is 9.97 Å². The van der Waals surface area contributed by atoms with Gasteiger partial charge in [0.2, 0.25) is 0 Å². The van der Waals surface area contributed by atoms with Crippen LogP contribution in [-0.2, 0) is 16.1 Å². The predicted octanol–water partition coefficient (Wildman–Crippen LogP) is 4.70. The lowest BCUT2D eigenvalue weighted by Gasteiger charge is -2.21. The average Bonchev–Trinajstić information content (AvgIpc) is 3.13. The van der Waals surface area contributed by atoms with E-state index in [9.17, 15) is 0 Å². The molecule has 0 atom stereocenters. The molecule has 0 amide bonds. The smallest absolute Gasteiger partial charge is 0.138 e. The topological polar surface area (TPSA) is 59.5 Å². The van der Waals surface area contributed by atoms with Gasteiger partial charge in [0.15, 0.2) is 0 Å². The molecule has 0 saturated heterocycles. The Labute approximate surface area is 179 Å². The molecule has 0 radical (unpaired) electrons. The maximum absolute atomic E-state index is 5.94. The van der Waals surface area contributed by atoms with Crippen LogP contribution < -0.4 is 5.32 Å². The second-order valence-electron chi connectivity index (χ2n) is 7.82. The minimum atomic E-state index is 0.528. The van der Waals surface area contributed by atoms with Crippen LogP contribution in [-0.4, -0.2) is 60.9 Å². The van der Waals surface area contributed by atoms with Crippen LogP contribution in [0.5, 0.6) is 0 Å². The molecule has 2 aromatic rings. The number of ether oxygens (including phenoxy) is 2. The van der Waals surface area contributed by atoms with E-state index in [1.807, 2.05) is 0 Å². The minimum absolute atomic E-state index is 0.528. The first-order valence-corrected chi connectivity index (χ1v) is 11.9. The lowest BCUT2D eigenvalue weighted by atomic mass is 9.97. The SMILES string of the molecule is CCN(CCOC)CCOCc1cc2c(NC3CCCCCCC3)ncnc2s1. The molecule has 1 aliphatic carbocycles. The van der Waals surface area contributed by atoms with E-state index in [4.69, 9.17) is 9.47 Å². The molecule has 1 aliphatic rings. The summed E-state index contributed by atoms with van der Waals surface area (Å²) in [5.74, 6) is 0.986. The van der Waals surface area contributed by atoms with Crippen molar-refractivity contribution in [1.29, 1.82) is 0 Å². The Hall–Kier alpha value is -1.28. The molecule has 1 fully saturated rings. The monoisotopic (exact) mass is 420 g/mol. The third-order valence-electron chi connectivity index (χ3n) is 5.68. The Morgan fingerprint density at radius 3 is 2.62 bits per heavy atom. The first-order chi connectivity index (χ1) is 14.3. The standard InChI is InChI=1S/C22H36N4O2S/c1-3-26(11-13-27-2)12-14-28-16-19-15-20-21(23-17-24-22(20)29-19)25-18-9-7-5-4-6-8-10-18/h15,17-18H,3-14,16H2,1-2H3,(H,23,24,25). The highest BCUT2D eigenvalue weighted by Gasteiger charge is 2.15. The van der Waals surface area contributed by atoms with Crippen LogP contribution >= 0.6 is 11.3 Å². The Morgan fingerprint density at radius 1 is 1.10 bits per heavy atom. The van der Waals surface area contributed by atoms with Crippen molar-refractivity contribution in [3.05, 3.63) is 17.3 Å². The molecular weight excluding hydrogens is 384 g/mol. The zero-order valence-electron chi connectivity index (χ0n) is 18.0. The molecular formula is C22H36N4O2S. The van der Waals surface area contributed by atoms with Crippen LogP contribution in [0.25, 0.3) is 10.2 Å². The Kier molecular flexibility index (Phi) is 9.60. The van der Waals surface area contributed by atoms with E-state index in [-0.39, 0.29) is 0 Å². The van der Waals surface area contributed by atoms with Gasteiger partial charge in [-0.1, -0.05) is 39.0 Å². The molecule has 2 heterocycles. The van der Waals surface area contributed by atoms with Crippen LogP contribution in [0.1, 0.15) is 56.7 Å². The fraction of sp³-hybridized carbons (Fsp3) is 0.727. The quantitative estimate of drug-likeness (QED) is 0.532. The summed E-state index contributed by atoms with van der Waals surface area (Å²) in [5, 5.41) is 4.84. The number of thiophene rings is 1. The second-order valence-corrected chi connectivity index (χ2v) is 8.94. The van der Waals surface area contributed by atoms with Gasteiger partial charge in [0.05, 0.1) is 25.2 Å². The normalized spacial score (nSPS) is 16.2. The van der Waals surface area contributed by atoms with E-state index in [1.54, 1.807) is 24.8 Å². The van der Waals surface area contributed by atoms with Crippen molar-refractivity contribution in [2.45, 2.75) is 64.5 Å². The fourth-order valence-corrected chi connectivity index (χ4v) is 4.83. The Morgan fingerprint density at radius 2 is 1.86 bits per heavy atom. The van der Waals surface area contributed by atoms with Crippen LogP contribution in [0.3, 0.4) is 0 Å². The van der Waals surface area contributed by atoms with Crippen LogP contribution in [0.4, 0.5) is 5.82 Å². The van der Waals surface area contributed by atoms with Crippen molar-refractivity contribution < 1.29 is 9.47 Å². The molecule has 1 saturated carbocycles. The largest absolute Gasteiger partial charge is 0.383 e. The number of rotatable bonds is 11. The summed E-state index contributed by atoms with van der Waals surface area (Å²) in [6, 6.07) is 2.73. The molecule has 1 N–H and O–H groups in total. The maximum Gasteiger partial charge on any atom is 0.138 e. The van der Waals surface area contributed by atoms with Crippen LogP contribution in [0.15, 0.2) is 12.4 Å². The third kappa shape index (κ3) is 7.17. The van der Waals surface area contributed by atoms with Crippen molar-refractivity contribution in [2.75, 3.05) is 45.3 Å². The Bertz CT molecular complexity index is 716. The summed E-state index contributed by atoms with van der Waals surface area (Å²) >= 11 is 1.71. The van der Waals surface area contributed by atoms with Gasteiger partial charge in [-0.05, 0) is 25.5 Å². The first-order valence-electron chi connectivity index (χ1n) is 11.1. The van der Waals surface area contributed by atoms with Crippen molar-refractivity contribution in [1.82, 2.24) is 14.9 Å². The van der Waals surface area contributed by atoms with E-state index in [0.29, 0.717) is 12.6 Å². The molecule has 162 valence electrons. The molecule has 0 bridgehead atoms. The average molecular weight is 421 g/mol. The number of methoxy groups -OCH3 is 1. The number of hydrogen-bond donors (Lipinski definition) is 1. The van der Waals surface area contributed by atoms with Crippen LogP contribution in [0.2, 0.25) is 0 Å². The molecule has 6 nitrogen and oxygen atoms in total. The number of hydrogen-bond acceptors (Lipinski definition) is 7. The van der Waals surface area contributed by atoms with Gasteiger partial charge in [0.1, 0.15) is 17.0 Å². The maximum atomic E-state index is 5.94. The number of nitrogens with one attached hydrogen (secondary N) is 1. The van der Waals surface area contributed by atoms with Crippen LogP contribution in [0, 0.1) is 0 Å². The molecule has 2 aromatic heterocycles. The van der Waals surface area contributed by atoms with E-state index in [1.165, 1.54) is 49.8 Å². The second kappa shape index (κ2) is 12.4. The van der Waals surface area contributed by atoms with Gasteiger partial charge in [0.25, 0.3) is 0 Å². The molecule has 3 rings (SSSR count). The summed E-state index contributed by atoms with van der Waals surface area (Å²) in [5.41, 5.74) is 0. The van der Waals surface area contributed by atoms with Crippen molar-refractivity contribution >= 4 is 27.4 Å². The zero-order valence-corrected chi connectivity index (χ0v) is 18.8. The third-order valence-corrected chi connectivity index (χ3v) is 6.70. The highest BCUT2D eigenvalue weighted by Crippen LogP contribution is 2.30. The van der Waals surface area contributed by atoms with Gasteiger partial charge >= 0.3 is 0 Å². The summed E-state index contributed by atoms with van der Waals surface area (Å²) in [4.78, 5) is 13.6. The lowest BCUT2D eigenvalue weighted by molar-refractivity contribution is 0.0832. The number of nitrogens with zero attached hydrogens (tertiary/aromatic N) is 3. The summed E-state index contributed by atoms with van der Waals surface area (Å²) < 4.78 is 11.1. The van der Waals surface area contributed by atoms with Gasteiger partial charge in [-0.2, -0.15) is 0 Å². The molecule has 0 aromatic carbocycles. The molecule has 0 spiro atoms. The highest BCUT2D eigenvalue weighted by atomic mass is 32.1. The van der Waals surface area contributed by atoms with Crippen molar-refractivity contribution in [2.24, 2.45) is 0 Å². The summed E-state index contributed by atoms with van der Waals surface area (Å²) in [7, 11) is 1.75. The lowest BCUT2D eigenvalue weighted by Crippen LogP contribution is -2.30. The number of fused-ring (bicyclic) bond motifs is 1. The first kappa shape index (κ1) is 22.4.